The van der Waals surface area contributed by atoms with Crippen molar-refractivity contribution in [2.75, 3.05) is 46.2 Å². The zero-order valence-electron chi connectivity index (χ0n) is 27.5. The van der Waals surface area contributed by atoms with Crippen LogP contribution in [0.5, 0.6) is 0 Å². The van der Waals surface area contributed by atoms with Crippen LogP contribution in [0.15, 0.2) is 12.2 Å². The molecule has 7 amide bonds. The summed E-state index contributed by atoms with van der Waals surface area (Å²) in [6.07, 6.45) is 7.69. The molecule has 0 aromatic rings. The number of carbonyl (C=O) groups excluding carboxylic acids is 5. The normalized spacial score (nSPS) is 28.6. The number of fused-ring (bicyclic) bond motifs is 1. The molecule has 48 heavy (non-hydrogen) atoms. The molecule has 4 heterocycles. The second-order valence-corrected chi connectivity index (χ2v) is 14.5. The summed E-state index contributed by atoms with van der Waals surface area (Å²) in [5.41, 5.74) is 0. The van der Waals surface area contributed by atoms with Crippen molar-refractivity contribution in [3.8, 4) is 0 Å². The second-order valence-electron chi connectivity index (χ2n) is 12.2. The quantitative estimate of drug-likeness (QED) is 0.0531. The molecule has 4 fully saturated rings. The van der Waals surface area contributed by atoms with Crippen molar-refractivity contribution in [2.45, 2.75) is 93.6 Å². The molecule has 268 valence electrons. The first-order valence-electron chi connectivity index (χ1n) is 16.5. The molecule has 0 spiro atoms. The topological polar surface area (TPSA) is 203 Å². The molecule has 0 bridgehead atoms. The fourth-order valence-electron chi connectivity index (χ4n) is 6.18. The van der Waals surface area contributed by atoms with E-state index < -0.39 is 44.5 Å². The van der Waals surface area contributed by atoms with Crippen LogP contribution in [0.4, 0.5) is 9.59 Å². The van der Waals surface area contributed by atoms with Gasteiger partial charge in [-0.15, -0.1) is 9.05 Å². The van der Waals surface area contributed by atoms with E-state index in [-0.39, 0.29) is 49.5 Å². The number of methoxy groups -OCH3 is 1. The molecule has 8 atom stereocenters. The minimum atomic E-state index is -2.36. The third kappa shape index (κ3) is 11.4. The van der Waals surface area contributed by atoms with Crippen LogP contribution in [-0.4, -0.2) is 117 Å². The Bertz CT molecular complexity index is 1200. The molecule has 8 unspecified atom stereocenters. The Morgan fingerprint density at radius 2 is 1.83 bits per heavy atom. The van der Waals surface area contributed by atoms with E-state index in [4.69, 9.17) is 18.5 Å². The van der Waals surface area contributed by atoms with E-state index in [1.807, 2.05) is 11.8 Å². The van der Waals surface area contributed by atoms with Gasteiger partial charge in [0.25, 0.3) is 0 Å². The Balaban J connectivity index is 1.04. The van der Waals surface area contributed by atoms with E-state index in [1.54, 1.807) is 0 Å². The van der Waals surface area contributed by atoms with Crippen LogP contribution >= 0.6 is 20.0 Å². The third-order valence-corrected chi connectivity index (χ3v) is 11.0. The van der Waals surface area contributed by atoms with Crippen LogP contribution in [0.25, 0.3) is 0 Å². The van der Waals surface area contributed by atoms with Gasteiger partial charge in [0.1, 0.15) is 18.4 Å². The summed E-state index contributed by atoms with van der Waals surface area (Å²) in [7, 11) is 0.377. The van der Waals surface area contributed by atoms with Gasteiger partial charge in [0.2, 0.25) is 17.7 Å². The Morgan fingerprint density at radius 3 is 2.58 bits per heavy atom. The number of urea groups is 2. The van der Waals surface area contributed by atoms with E-state index in [1.165, 1.54) is 31.3 Å². The molecule has 18 heteroatoms. The lowest BCUT2D eigenvalue weighted by Gasteiger charge is -2.34. The summed E-state index contributed by atoms with van der Waals surface area (Å²) in [4.78, 5) is 62.4. The molecule has 16 nitrogen and oxygen atoms in total. The monoisotopic (exact) mass is 715 g/mol. The molecule has 4 aliphatic rings. The smallest absolute Gasteiger partial charge is 0.382 e. The minimum Gasteiger partial charge on any atom is -0.382 e. The summed E-state index contributed by atoms with van der Waals surface area (Å²) in [6, 6.07) is -0.275. The Labute approximate surface area is 285 Å². The van der Waals surface area contributed by atoms with E-state index in [0.717, 1.165) is 50.7 Å². The molecule has 4 rings (SSSR count). The van der Waals surface area contributed by atoms with Crippen LogP contribution in [0.2, 0.25) is 0 Å². The van der Waals surface area contributed by atoms with Gasteiger partial charge in [-0.25, -0.2) is 9.59 Å². The molecule has 5 N–H and O–H groups in total. The first-order valence-corrected chi connectivity index (χ1v) is 18.7. The standard InChI is InChI=1S/C30H47N6O10PS/c1-43-17-22-21(46-47(42)44-2)15-26(45-22)36-16-19(28(39)35-30(36)41)11-12-25(38)32-14-8-4-3-7-13-31-24(37)10-6-5-9-23-27-20(18-48-23)33-29(40)34-27/h11-12,19-23,26-27H,3-10,13-18H2,1-2H3,(H4-,31,32,33,34,35,37,38,39,40,41)/p+1/b12-11+. The molecule has 4 saturated heterocycles. The van der Waals surface area contributed by atoms with Crippen molar-refractivity contribution in [1.82, 2.24) is 31.5 Å². The lowest BCUT2D eigenvalue weighted by atomic mass is 10.0. The van der Waals surface area contributed by atoms with Gasteiger partial charge in [-0.05, 0) is 31.8 Å². The van der Waals surface area contributed by atoms with Crippen LogP contribution in [-0.2, 0) is 37.5 Å². The molecule has 0 saturated carbocycles. The highest BCUT2D eigenvalue weighted by Gasteiger charge is 2.47. The number of nitrogens with zero attached hydrogens (tertiary/aromatic N) is 1. The number of hydrogen-bond donors (Lipinski definition) is 5. The van der Waals surface area contributed by atoms with Gasteiger partial charge in [-0.2, -0.15) is 11.8 Å². The molecular formula is C30H48N6O10PS+. The third-order valence-electron chi connectivity index (χ3n) is 8.74. The first-order chi connectivity index (χ1) is 23.2. The second kappa shape index (κ2) is 19.4. The highest BCUT2D eigenvalue weighted by Crippen LogP contribution is 2.35. The average Bonchev–Trinajstić information content (AvgIpc) is 3.74. The first kappa shape index (κ1) is 38.0. The predicted molar refractivity (Wildman–Crippen MR) is 176 cm³/mol. The Kier molecular flexibility index (Phi) is 15.3. The number of nitrogens with one attached hydrogen (secondary N) is 5. The Morgan fingerprint density at radius 1 is 1.06 bits per heavy atom. The molecular weight excluding hydrogens is 667 g/mol. The highest BCUT2D eigenvalue weighted by molar-refractivity contribution is 8.00. The van der Waals surface area contributed by atoms with Crippen molar-refractivity contribution in [3.05, 3.63) is 12.2 Å². The van der Waals surface area contributed by atoms with Crippen molar-refractivity contribution in [1.29, 1.82) is 0 Å². The zero-order chi connectivity index (χ0) is 34.5. The summed E-state index contributed by atoms with van der Waals surface area (Å²) >= 11 is 1.89. The number of amides is 7. The van der Waals surface area contributed by atoms with Crippen molar-refractivity contribution in [3.63, 3.8) is 0 Å². The summed E-state index contributed by atoms with van der Waals surface area (Å²) in [5, 5.41) is 14.4. The van der Waals surface area contributed by atoms with Gasteiger partial charge in [0.05, 0.1) is 31.7 Å². The van der Waals surface area contributed by atoms with Crippen molar-refractivity contribution < 1.29 is 47.1 Å². The average molecular weight is 716 g/mol. The number of rotatable bonds is 20. The maximum absolute atomic E-state index is 12.6. The summed E-state index contributed by atoms with van der Waals surface area (Å²) < 4.78 is 33.0. The van der Waals surface area contributed by atoms with Gasteiger partial charge in [-0.3, -0.25) is 24.6 Å². The number of ether oxygens (including phenoxy) is 2. The highest BCUT2D eigenvalue weighted by atomic mass is 32.2. The fraction of sp³-hybridized carbons (Fsp3) is 0.767. The molecule has 0 aromatic heterocycles. The van der Waals surface area contributed by atoms with Gasteiger partial charge in [0, 0.05) is 55.2 Å². The van der Waals surface area contributed by atoms with E-state index in [2.05, 4.69) is 26.6 Å². The number of carbonyl (C=O) groups is 5. The lowest BCUT2D eigenvalue weighted by molar-refractivity contribution is -0.127. The van der Waals surface area contributed by atoms with Gasteiger partial charge >= 0.3 is 20.3 Å². The van der Waals surface area contributed by atoms with Crippen molar-refractivity contribution >= 4 is 49.8 Å². The van der Waals surface area contributed by atoms with Crippen LogP contribution < -0.4 is 26.6 Å². The molecule has 0 aliphatic carbocycles. The lowest BCUT2D eigenvalue weighted by Crippen LogP contribution is -2.57. The van der Waals surface area contributed by atoms with Crippen molar-refractivity contribution in [2.24, 2.45) is 5.92 Å². The maximum atomic E-state index is 12.6. The maximum Gasteiger partial charge on any atom is 0.697 e. The van der Waals surface area contributed by atoms with Gasteiger partial charge < -0.3 is 30.7 Å². The molecule has 0 radical (unpaired) electrons. The van der Waals surface area contributed by atoms with Gasteiger partial charge in [-0.1, -0.05) is 25.3 Å². The van der Waals surface area contributed by atoms with Crippen LogP contribution in [0.1, 0.15) is 57.8 Å². The number of thioether (sulfide) groups is 1. The number of unbranched alkanes of at least 4 members (excludes halogenated alkanes) is 4. The predicted octanol–water partition coefficient (Wildman–Crippen LogP) is 1.68. The number of hydrogen-bond acceptors (Lipinski definition) is 11. The largest absolute Gasteiger partial charge is 0.697 e. The number of imide groups is 1. The van der Waals surface area contributed by atoms with E-state index in [9.17, 15) is 28.5 Å². The fourth-order valence-corrected chi connectivity index (χ4v) is 8.26. The summed E-state index contributed by atoms with van der Waals surface area (Å²) in [6.45, 7) is 1.24. The van der Waals surface area contributed by atoms with Crippen LogP contribution in [0.3, 0.4) is 0 Å². The molecule has 4 aliphatic heterocycles. The van der Waals surface area contributed by atoms with E-state index >= 15 is 0 Å². The summed E-state index contributed by atoms with van der Waals surface area (Å²) in [5.74, 6) is -0.629. The van der Waals surface area contributed by atoms with Gasteiger partial charge in [0.15, 0.2) is 0 Å². The van der Waals surface area contributed by atoms with Crippen LogP contribution in [0, 0.1) is 5.92 Å². The molecule has 0 aromatic carbocycles. The Hall–Kier alpha value is -2.82. The zero-order valence-corrected chi connectivity index (χ0v) is 29.2. The minimum absolute atomic E-state index is 0.00226. The van der Waals surface area contributed by atoms with E-state index in [0.29, 0.717) is 24.8 Å². The SMILES string of the molecule is COCC1OC(N2CC(/C=C/C(=O)NCCCCCCNC(=O)CCCCC3SCC4NC(=O)NC43)C(=O)NC2=O)CC1O[P+](=O)OC.